The van der Waals surface area contributed by atoms with Crippen LogP contribution in [0.5, 0.6) is 0 Å². The molecule has 37 heavy (non-hydrogen) atoms. The number of carbonyl (C=O) groups is 5. The first kappa shape index (κ1) is 28.6. The van der Waals surface area contributed by atoms with E-state index in [9.17, 15) is 24.0 Å². The molecule has 0 radical (unpaired) electrons. The van der Waals surface area contributed by atoms with E-state index in [2.05, 4.69) is 16.0 Å². The van der Waals surface area contributed by atoms with Crippen molar-refractivity contribution in [3.05, 3.63) is 35.9 Å². The standard InChI is InChI=1S/C27H37ClN4O5/c1-27(2)26(37)30-21(16-18-10-5-3-6-11-18)25(36)32-15-9-14-22(32)24(35)29-20(23(34)31-27)13-8-4-7-12-19(33)17-28/h3,5-6,10-11,20-22H,4,7-9,12-17H2,1-2H3,(H,29,35)(H,30,37)(H,31,34)/t20-,21-,22+/m0/s1. The van der Waals surface area contributed by atoms with Gasteiger partial charge in [0.25, 0.3) is 0 Å². The van der Waals surface area contributed by atoms with Crippen molar-refractivity contribution in [2.45, 2.75) is 88.9 Å². The quantitative estimate of drug-likeness (QED) is 0.331. The molecule has 3 N–H and O–H groups in total. The molecule has 3 atom stereocenters. The number of ketones is 1. The molecule has 202 valence electrons. The summed E-state index contributed by atoms with van der Waals surface area (Å²) in [7, 11) is 0. The van der Waals surface area contributed by atoms with Gasteiger partial charge in [-0.2, -0.15) is 0 Å². The van der Waals surface area contributed by atoms with E-state index in [-0.39, 0.29) is 29.9 Å². The van der Waals surface area contributed by atoms with Crippen LogP contribution in [0, 0.1) is 0 Å². The van der Waals surface area contributed by atoms with Gasteiger partial charge in [0.15, 0.2) is 0 Å². The van der Waals surface area contributed by atoms with Crippen molar-refractivity contribution in [3.63, 3.8) is 0 Å². The molecule has 0 saturated carbocycles. The second-order valence-corrected chi connectivity index (χ2v) is 10.6. The van der Waals surface area contributed by atoms with Gasteiger partial charge in [-0.3, -0.25) is 24.0 Å². The monoisotopic (exact) mass is 532 g/mol. The Morgan fingerprint density at radius 2 is 1.73 bits per heavy atom. The maximum absolute atomic E-state index is 13.6. The molecule has 2 aliphatic heterocycles. The van der Waals surface area contributed by atoms with Gasteiger partial charge in [-0.15, -0.1) is 11.6 Å². The Morgan fingerprint density at radius 3 is 2.43 bits per heavy atom. The number of carbonyl (C=O) groups excluding carboxylic acids is 5. The van der Waals surface area contributed by atoms with E-state index in [4.69, 9.17) is 11.6 Å². The Kier molecular flexibility index (Phi) is 10.1. The second kappa shape index (κ2) is 13.0. The first-order chi connectivity index (χ1) is 17.6. The molecule has 3 rings (SSSR count). The summed E-state index contributed by atoms with van der Waals surface area (Å²) in [4.78, 5) is 66.4. The number of nitrogens with one attached hydrogen (secondary N) is 3. The molecular weight excluding hydrogens is 496 g/mol. The van der Waals surface area contributed by atoms with Gasteiger partial charge in [-0.05, 0) is 45.1 Å². The first-order valence-electron chi connectivity index (χ1n) is 13.0. The third-order valence-electron chi connectivity index (χ3n) is 6.96. The molecule has 1 aromatic rings. The Hall–Kier alpha value is -2.94. The summed E-state index contributed by atoms with van der Waals surface area (Å²) < 4.78 is 0. The number of amides is 4. The van der Waals surface area contributed by atoms with Crippen LogP contribution < -0.4 is 16.0 Å². The zero-order valence-electron chi connectivity index (χ0n) is 21.6. The fourth-order valence-corrected chi connectivity index (χ4v) is 4.93. The van der Waals surface area contributed by atoms with Crippen LogP contribution in [0.3, 0.4) is 0 Å². The lowest BCUT2D eigenvalue weighted by molar-refractivity contribution is -0.144. The first-order valence-corrected chi connectivity index (χ1v) is 13.5. The summed E-state index contributed by atoms with van der Waals surface area (Å²) in [5.41, 5.74) is -0.436. The van der Waals surface area contributed by atoms with Crippen molar-refractivity contribution in [1.82, 2.24) is 20.9 Å². The minimum Gasteiger partial charge on any atom is -0.343 e. The molecule has 0 bridgehead atoms. The summed E-state index contributed by atoms with van der Waals surface area (Å²) in [6, 6.07) is 6.93. The SMILES string of the molecule is CC1(C)NC(=O)[C@H](CCCCCC(=O)CCl)NC(=O)[C@H]2CCCN2C(=O)[C@H](Cc2ccccc2)NC1=O. The number of hydrogen-bond acceptors (Lipinski definition) is 5. The summed E-state index contributed by atoms with van der Waals surface area (Å²) in [5.74, 6) is -1.65. The summed E-state index contributed by atoms with van der Waals surface area (Å²) >= 11 is 5.54. The number of rotatable bonds is 9. The van der Waals surface area contributed by atoms with E-state index in [1.165, 1.54) is 4.90 Å². The van der Waals surface area contributed by atoms with Crippen LogP contribution in [-0.2, 0) is 30.4 Å². The van der Waals surface area contributed by atoms with E-state index in [1.54, 1.807) is 13.8 Å². The van der Waals surface area contributed by atoms with Crippen LogP contribution >= 0.6 is 11.6 Å². The van der Waals surface area contributed by atoms with Crippen molar-refractivity contribution in [2.75, 3.05) is 12.4 Å². The van der Waals surface area contributed by atoms with Gasteiger partial charge in [0.2, 0.25) is 23.6 Å². The molecule has 1 aromatic carbocycles. The van der Waals surface area contributed by atoms with E-state index < -0.39 is 35.5 Å². The maximum atomic E-state index is 13.6. The highest BCUT2D eigenvalue weighted by molar-refractivity contribution is 6.27. The van der Waals surface area contributed by atoms with Crippen LogP contribution in [0.25, 0.3) is 0 Å². The van der Waals surface area contributed by atoms with Crippen LogP contribution in [0.1, 0.15) is 64.4 Å². The lowest BCUT2D eigenvalue weighted by Gasteiger charge is -2.34. The normalized spacial score (nSPS) is 24.3. The van der Waals surface area contributed by atoms with Gasteiger partial charge in [0.05, 0.1) is 5.88 Å². The van der Waals surface area contributed by atoms with Gasteiger partial charge in [0.1, 0.15) is 29.4 Å². The molecule has 2 heterocycles. The molecule has 10 heteroatoms. The third kappa shape index (κ3) is 7.77. The topological polar surface area (TPSA) is 125 Å². The fraction of sp³-hybridized carbons (Fsp3) is 0.593. The minimum atomic E-state index is -1.31. The average Bonchev–Trinajstić information content (AvgIpc) is 3.36. The Bertz CT molecular complexity index is 1000. The smallest absolute Gasteiger partial charge is 0.246 e. The molecule has 9 nitrogen and oxygen atoms in total. The molecule has 2 fully saturated rings. The van der Waals surface area contributed by atoms with Gasteiger partial charge < -0.3 is 20.9 Å². The molecule has 0 spiro atoms. The number of halogens is 1. The lowest BCUT2D eigenvalue weighted by Crippen LogP contribution is -2.64. The highest BCUT2D eigenvalue weighted by atomic mass is 35.5. The number of Topliss-reactive ketones (excluding diaryl/α,β-unsaturated/α-hetero) is 1. The van der Waals surface area contributed by atoms with Crippen LogP contribution in [0.15, 0.2) is 30.3 Å². The van der Waals surface area contributed by atoms with Gasteiger partial charge >= 0.3 is 0 Å². The number of alkyl halides is 1. The molecule has 0 unspecified atom stereocenters. The van der Waals surface area contributed by atoms with Crippen molar-refractivity contribution in [1.29, 1.82) is 0 Å². The van der Waals surface area contributed by atoms with Gasteiger partial charge in [-0.1, -0.05) is 43.2 Å². The highest BCUT2D eigenvalue weighted by Gasteiger charge is 2.42. The molecule has 2 saturated heterocycles. The van der Waals surface area contributed by atoms with Crippen LogP contribution in [-0.4, -0.2) is 70.4 Å². The third-order valence-corrected chi connectivity index (χ3v) is 7.26. The lowest BCUT2D eigenvalue weighted by atomic mass is 9.98. The minimum absolute atomic E-state index is 0.0128. The molecule has 0 aromatic heterocycles. The van der Waals surface area contributed by atoms with Crippen molar-refractivity contribution >= 4 is 41.0 Å². The zero-order chi connectivity index (χ0) is 27.0. The predicted molar refractivity (Wildman–Crippen MR) is 140 cm³/mol. The van der Waals surface area contributed by atoms with Gasteiger partial charge in [-0.25, -0.2) is 0 Å². The number of hydrogen-bond donors (Lipinski definition) is 3. The van der Waals surface area contributed by atoms with Crippen LogP contribution in [0.2, 0.25) is 0 Å². The molecule has 0 aliphatic carbocycles. The van der Waals surface area contributed by atoms with E-state index in [1.807, 2.05) is 30.3 Å². The number of nitrogens with zero attached hydrogens (tertiary/aromatic N) is 1. The van der Waals surface area contributed by atoms with Crippen molar-refractivity contribution in [2.24, 2.45) is 0 Å². The average molecular weight is 533 g/mol. The Balaban J connectivity index is 1.80. The predicted octanol–water partition coefficient (Wildman–Crippen LogP) is 1.86. The molecular formula is C27H37ClN4O5. The molecule has 2 aliphatic rings. The van der Waals surface area contributed by atoms with Crippen molar-refractivity contribution in [3.8, 4) is 0 Å². The van der Waals surface area contributed by atoms with E-state index in [0.717, 1.165) is 5.56 Å². The van der Waals surface area contributed by atoms with Crippen LogP contribution in [0.4, 0.5) is 0 Å². The maximum Gasteiger partial charge on any atom is 0.246 e. The van der Waals surface area contributed by atoms with Crippen molar-refractivity contribution < 1.29 is 24.0 Å². The largest absolute Gasteiger partial charge is 0.343 e. The Morgan fingerprint density at radius 1 is 1.00 bits per heavy atom. The molecule has 4 amide bonds. The number of benzene rings is 1. The van der Waals surface area contributed by atoms with E-state index in [0.29, 0.717) is 51.5 Å². The number of fused-ring (bicyclic) bond motifs is 1. The zero-order valence-corrected chi connectivity index (χ0v) is 22.3. The summed E-state index contributed by atoms with van der Waals surface area (Å²) in [6.07, 6.45) is 4.10. The van der Waals surface area contributed by atoms with E-state index >= 15 is 0 Å². The fourth-order valence-electron chi connectivity index (χ4n) is 4.79. The highest BCUT2D eigenvalue weighted by Crippen LogP contribution is 2.21. The summed E-state index contributed by atoms with van der Waals surface area (Å²) in [5, 5.41) is 8.44. The Labute approximate surface area is 223 Å². The summed E-state index contributed by atoms with van der Waals surface area (Å²) in [6.45, 7) is 3.56. The number of unbranched alkanes of at least 4 members (excludes halogenated alkanes) is 2. The van der Waals surface area contributed by atoms with Gasteiger partial charge in [0, 0.05) is 19.4 Å². The second-order valence-electron chi connectivity index (χ2n) is 10.4.